The molecular formula is C24H20BrN3O5S2. The Labute approximate surface area is 214 Å². The zero-order valence-electron chi connectivity index (χ0n) is 18.3. The first-order valence-electron chi connectivity index (χ1n) is 10.8. The molecule has 1 aliphatic rings. The molecule has 0 bridgehead atoms. The monoisotopic (exact) mass is 573 g/mol. The van der Waals surface area contributed by atoms with Crippen molar-refractivity contribution in [3.05, 3.63) is 86.5 Å². The second kappa shape index (κ2) is 9.57. The van der Waals surface area contributed by atoms with Gasteiger partial charge in [0, 0.05) is 36.7 Å². The molecule has 180 valence electrons. The standard InChI is InChI=1S/C24H20BrN3O5S2/c25-16-7-8-19(27-9-11-28(12-10-27)35(31,32)23-6-3-13-34-23)18(14-16)26-24(30)22-15-20(29)17-4-1-2-5-21(17)33-22/h1-8,13-15H,9-12H2,(H,26,30). The highest BCUT2D eigenvalue weighted by Gasteiger charge is 2.30. The summed E-state index contributed by atoms with van der Waals surface area (Å²) >= 11 is 4.64. The van der Waals surface area contributed by atoms with E-state index in [1.54, 1.807) is 47.8 Å². The molecule has 1 fully saturated rings. The zero-order valence-corrected chi connectivity index (χ0v) is 21.5. The Bertz CT molecular complexity index is 1560. The number of nitrogens with one attached hydrogen (secondary N) is 1. The van der Waals surface area contributed by atoms with E-state index in [1.165, 1.54) is 21.7 Å². The fourth-order valence-electron chi connectivity index (χ4n) is 3.99. The number of rotatable bonds is 5. The highest BCUT2D eigenvalue weighted by molar-refractivity contribution is 9.10. The summed E-state index contributed by atoms with van der Waals surface area (Å²) in [7, 11) is -3.51. The number of para-hydroxylation sites is 1. The summed E-state index contributed by atoms with van der Waals surface area (Å²) in [5, 5.41) is 5.00. The van der Waals surface area contributed by atoms with Crippen molar-refractivity contribution >= 4 is 65.5 Å². The molecule has 5 rings (SSSR count). The molecule has 0 saturated carbocycles. The van der Waals surface area contributed by atoms with E-state index < -0.39 is 15.9 Å². The second-order valence-electron chi connectivity index (χ2n) is 7.91. The Morgan fingerprint density at radius 1 is 1.00 bits per heavy atom. The van der Waals surface area contributed by atoms with E-state index in [-0.39, 0.29) is 11.2 Å². The summed E-state index contributed by atoms with van der Waals surface area (Å²) in [5.41, 5.74) is 1.31. The number of hydrogen-bond acceptors (Lipinski definition) is 7. The summed E-state index contributed by atoms with van der Waals surface area (Å²) < 4.78 is 33.9. The topological polar surface area (TPSA) is 99.9 Å². The number of sulfonamides is 1. The van der Waals surface area contributed by atoms with Crippen molar-refractivity contribution in [1.29, 1.82) is 0 Å². The highest BCUT2D eigenvalue weighted by Crippen LogP contribution is 2.32. The number of carbonyl (C=O) groups excluding carboxylic acids is 1. The summed E-state index contributed by atoms with van der Waals surface area (Å²) in [6.07, 6.45) is 0. The maximum Gasteiger partial charge on any atom is 0.291 e. The van der Waals surface area contributed by atoms with Gasteiger partial charge in [0.1, 0.15) is 9.79 Å². The smallest absolute Gasteiger partial charge is 0.291 e. The molecule has 0 atom stereocenters. The minimum absolute atomic E-state index is 0.0912. The predicted octanol–water partition coefficient (Wildman–Crippen LogP) is 4.38. The number of hydrogen-bond donors (Lipinski definition) is 1. The number of benzene rings is 2. The summed E-state index contributed by atoms with van der Waals surface area (Å²) in [6, 6.07) is 16.8. The first-order chi connectivity index (χ1) is 16.8. The van der Waals surface area contributed by atoms with Crippen LogP contribution in [0.1, 0.15) is 10.6 Å². The molecule has 2 aromatic carbocycles. The van der Waals surface area contributed by atoms with Crippen molar-refractivity contribution in [2.75, 3.05) is 36.4 Å². The minimum atomic E-state index is -3.51. The normalized spacial score (nSPS) is 14.8. The molecule has 0 spiro atoms. The van der Waals surface area contributed by atoms with Crippen molar-refractivity contribution in [2.24, 2.45) is 0 Å². The Balaban J connectivity index is 1.37. The number of nitrogens with zero attached hydrogens (tertiary/aromatic N) is 2. The third-order valence-electron chi connectivity index (χ3n) is 5.73. The molecule has 8 nitrogen and oxygen atoms in total. The number of amides is 1. The van der Waals surface area contributed by atoms with E-state index in [1.807, 2.05) is 17.0 Å². The van der Waals surface area contributed by atoms with Crippen LogP contribution in [0.25, 0.3) is 11.0 Å². The number of anilines is 2. The molecule has 1 amide bonds. The van der Waals surface area contributed by atoms with Crippen molar-refractivity contribution in [3.63, 3.8) is 0 Å². The molecule has 0 aliphatic carbocycles. The van der Waals surface area contributed by atoms with Crippen LogP contribution in [0, 0.1) is 0 Å². The van der Waals surface area contributed by atoms with Gasteiger partial charge in [-0.1, -0.05) is 34.1 Å². The van der Waals surface area contributed by atoms with E-state index in [2.05, 4.69) is 21.2 Å². The number of fused-ring (bicyclic) bond motifs is 1. The van der Waals surface area contributed by atoms with Gasteiger partial charge in [-0.2, -0.15) is 4.31 Å². The van der Waals surface area contributed by atoms with Crippen molar-refractivity contribution in [1.82, 2.24) is 4.31 Å². The van der Waals surface area contributed by atoms with Crippen LogP contribution in [0.5, 0.6) is 0 Å². The maximum absolute atomic E-state index is 13.0. The minimum Gasteiger partial charge on any atom is -0.451 e. The van der Waals surface area contributed by atoms with Gasteiger partial charge in [0.2, 0.25) is 0 Å². The number of carbonyl (C=O) groups is 1. The third kappa shape index (κ3) is 4.76. The first-order valence-corrected chi connectivity index (χ1v) is 13.9. The summed E-state index contributed by atoms with van der Waals surface area (Å²) in [4.78, 5) is 27.4. The van der Waals surface area contributed by atoms with Crippen LogP contribution in [-0.4, -0.2) is 44.8 Å². The fourth-order valence-corrected chi connectivity index (χ4v) is 6.92. The van der Waals surface area contributed by atoms with Crippen LogP contribution in [0.4, 0.5) is 11.4 Å². The number of piperazine rings is 1. The fraction of sp³-hybridized carbons (Fsp3) is 0.167. The predicted molar refractivity (Wildman–Crippen MR) is 140 cm³/mol. The Hall–Kier alpha value is -2.99. The van der Waals surface area contributed by atoms with Gasteiger partial charge >= 0.3 is 0 Å². The molecule has 1 aliphatic heterocycles. The zero-order chi connectivity index (χ0) is 24.6. The van der Waals surface area contributed by atoms with Gasteiger partial charge in [-0.05, 0) is 41.8 Å². The average Bonchev–Trinajstić information content (AvgIpc) is 3.40. The largest absolute Gasteiger partial charge is 0.451 e. The number of thiophene rings is 1. The molecule has 11 heteroatoms. The van der Waals surface area contributed by atoms with E-state index in [9.17, 15) is 18.0 Å². The lowest BCUT2D eigenvalue weighted by atomic mass is 10.2. The van der Waals surface area contributed by atoms with Crippen molar-refractivity contribution in [3.8, 4) is 0 Å². The van der Waals surface area contributed by atoms with Crippen molar-refractivity contribution < 1.29 is 17.6 Å². The number of halogens is 1. The molecule has 1 saturated heterocycles. The van der Waals surface area contributed by atoms with Crippen LogP contribution < -0.4 is 15.6 Å². The Kier molecular flexibility index (Phi) is 6.49. The van der Waals surface area contributed by atoms with Crippen molar-refractivity contribution in [2.45, 2.75) is 4.21 Å². The van der Waals surface area contributed by atoms with Gasteiger partial charge in [0.25, 0.3) is 15.9 Å². The SMILES string of the molecule is O=C(Nc1cc(Br)ccc1N1CCN(S(=O)(=O)c2cccs2)CC1)c1cc(=O)c2ccccc2o1. The Morgan fingerprint density at radius 3 is 2.51 bits per heavy atom. The van der Waals surface area contributed by atoms with Gasteiger partial charge in [-0.3, -0.25) is 9.59 Å². The average molecular weight is 574 g/mol. The van der Waals surface area contributed by atoms with E-state index >= 15 is 0 Å². The van der Waals surface area contributed by atoms with E-state index in [0.29, 0.717) is 47.0 Å². The third-order valence-corrected chi connectivity index (χ3v) is 9.50. The molecule has 3 heterocycles. The van der Waals surface area contributed by atoms with E-state index in [4.69, 9.17) is 4.42 Å². The van der Waals surface area contributed by atoms with Gasteiger partial charge in [-0.25, -0.2) is 8.42 Å². The molecule has 0 radical (unpaired) electrons. The van der Waals surface area contributed by atoms with Gasteiger partial charge < -0.3 is 14.6 Å². The molecule has 0 unspecified atom stereocenters. The lowest BCUT2D eigenvalue weighted by Gasteiger charge is -2.36. The van der Waals surface area contributed by atoms with Crippen LogP contribution >= 0.6 is 27.3 Å². The Morgan fingerprint density at radius 2 is 1.77 bits per heavy atom. The lowest BCUT2D eigenvalue weighted by Crippen LogP contribution is -2.48. The molecule has 4 aromatic rings. The maximum atomic E-state index is 13.0. The van der Waals surface area contributed by atoms with Crippen LogP contribution in [0.15, 0.2) is 83.9 Å². The van der Waals surface area contributed by atoms with Gasteiger partial charge in [0.15, 0.2) is 11.2 Å². The lowest BCUT2D eigenvalue weighted by molar-refractivity contribution is 0.0997. The van der Waals surface area contributed by atoms with Crippen LogP contribution in [-0.2, 0) is 10.0 Å². The summed E-state index contributed by atoms with van der Waals surface area (Å²) in [6.45, 7) is 1.56. The summed E-state index contributed by atoms with van der Waals surface area (Å²) in [5.74, 6) is -0.641. The van der Waals surface area contributed by atoms with Crippen LogP contribution in [0.3, 0.4) is 0 Å². The van der Waals surface area contributed by atoms with Crippen LogP contribution in [0.2, 0.25) is 0 Å². The van der Waals surface area contributed by atoms with Gasteiger partial charge in [0.05, 0.1) is 16.8 Å². The molecule has 35 heavy (non-hydrogen) atoms. The van der Waals surface area contributed by atoms with E-state index in [0.717, 1.165) is 10.2 Å². The van der Waals surface area contributed by atoms with Gasteiger partial charge in [-0.15, -0.1) is 11.3 Å². The molecular weight excluding hydrogens is 554 g/mol. The molecule has 2 aromatic heterocycles. The quantitative estimate of drug-likeness (QED) is 0.380. The first kappa shape index (κ1) is 23.7. The highest BCUT2D eigenvalue weighted by atomic mass is 79.9. The second-order valence-corrected chi connectivity index (χ2v) is 11.9. The molecule has 1 N–H and O–H groups in total.